The van der Waals surface area contributed by atoms with Crippen LogP contribution in [0.25, 0.3) is 0 Å². The van der Waals surface area contributed by atoms with Gasteiger partial charge in [0.25, 0.3) is 0 Å². The predicted octanol–water partition coefficient (Wildman–Crippen LogP) is -1.86. The number of aliphatic carboxylic acids is 1. The minimum absolute atomic E-state index is 0.109. The lowest BCUT2D eigenvalue weighted by molar-refractivity contribution is -0.142. The molecule has 14 nitrogen and oxygen atoms in total. The normalized spacial score (nSPS) is 15.4. The number of carbonyl (C=O) groups is 5. The summed E-state index contributed by atoms with van der Waals surface area (Å²) < 4.78 is 0. The average Bonchev–Trinajstić information content (AvgIpc) is 2.89. The number of hydrogen-bond acceptors (Lipinski definition) is 9. The molecule has 0 aliphatic rings. The molecule has 0 aromatic carbocycles. The highest BCUT2D eigenvalue weighted by atomic mass is 32.2. The Hall–Kier alpha value is -2.72. The van der Waals surface area contributed by atoms with Gasteiger partial charge in [-0.25, -0.2) is 4.79 Å². The van der Waals surface area contributed by atoms with E-state index in [-0.39, 0.29) is 37.0 Å². The minimum atomic E-state index is -1.18. The highest BCUT2D eigenvalue weighted by Gasteiger charge is 2.30. The molecule has 0 bridgehead atoms. The summed E-state index contributed by atoms with van der Waals surface area (Å²) in [5, 5.41) is 19.3. The fourth-order valence-electron chi connectivity index (χ4n) is 3.19. The number of aliphatic imine (C=N–C) groups is 1. The fourth-order valence-corrected chi connectivity index (χ4v) is 3.92. The van der Waals surface area contributed by atoms with Crippen LogP contribution in [-0.4, -0.2) is 95.2 Å². The standard InChI is InChI=1S/C23H44N8O6S2/c1-5-12(2)17(24)21(35)29-14(7-6-9-27-23(25)26)19(33)31-16(11-38)20(34)28-13(3)18(32)30-15(22(36)37)8-10-39-4/h12-17,38H,5-11,24H2,1-4H3,(H,28,34)(H,29,35)(H,30,32)(H,31,33)(H,36,37)(H4,25,26,27). The molecule has 0 aliphatic carbocycles. The molecule has 6 atom stereocenters. The quantitative estimate of drug-likeness (QED) is 0.0350. The number of amides is 4. The topological polar surface area (TPSA) is 244 Å². The van der Waals surface area contributed by atoms with E-state index in [4.69, 9.17) is 17.2 Å². The predicted molar refractivity (Wildman–Crippen MR) is 155 cm³/mol. The van der Waals surface area contributed by atoms with Gasteiger partial charge in [0.05, 0.1) is 6.04 Å². The first-order valence-corrected chi connectivity index (χ1v) is 14.7. The molecule has 11 N–H and O–H groups in total. The second kappa shape index (κ2) is 19.4. The molecule has 0 radical (unpaired) electrons. The summed E-state index contributed by atoms with van der Waals surface area (Å²) in [4.78, 5) is 66.3. The number of thiol groups is 1. The van der Waals surface area contributed by atoms with Crippen molar-refractivity contribution in [3.63, 3.8) is 0 Å². The third-order valence-corrected chi connectivity index (χ3v) is 6.94. The highest BCUT2D eigenvalue weighted by Crippen LogP contribution is 2.08. The van der Waals surface area contributed by atoms with Crippen LogP contribution >= 0.6 is 24.4 Å². The van der Waals surface area contributed by atoms with Crippen molar-refractivity contribution in [1.82, 2.24) is 21.3 Å². The highest BCUT2D eigenvalue weighted by molar-refractivity contribution is 7.98. The number of nitrogens with one attached hydrogen (secondary N) is 4. The van der Waals surface area contributed by atoms with Crippen LogP contribution in [0.5, 0.6) is 0 Å². The van der Waals surface area contributed by atoms with E-state index in [2.05, 4.69) is 38.9 Å². The van der Waals surface area contributed by atoms with Gasteiger partial charge in [-0.2, -0.15) is 24.4 Å². The number of thioether (sulfide) groups is 1. The van der Waals surface area contributed by atoms with Crippen LogP contribution in [0, 0.1) is 5.92 Å². The van der Waals surface area contributed by atoms with Crippen molar-refractivity contribution in [3.8, 4) is 0 Å². The molecule has 39 heavy (non-hydrogen) atoms. The first-order valence-electron chi connectivity index (χ1n) is 12.6. The van der Waals surface area contributed by atoms with Crippen LogP contribution in [0.1, 0.15) is 46.5 Å². The molecule has 16 heteroatoms. The molecule has 0 aromatic rings. The molecule has 0 aliphatic heterocycles. The van der Waals surface area contributed by atoms with E-state index in [1.807, 2.05) is 20.1 Å². The summed E-state index contributed by atoms with van der Waals surface area (Å²) >= 11 is 5.57. The summed E-state index contributed by atoms with van der Waals surface area (Å²) in [5.41, 5.74) is 16.7. The van der Waals surface area contributed by atoms with Gasteiger partial charge in [0.15, 0.2) is 5.96 Å². The van der Waals surface area contributed by atoms with E-state index in [1.165, 1.54) is 18.7 Å². The van der Waals surface area contributed by atoms with Crippen LogP contribution < -0.4 is 38.5 Å². The Bertz CT molecular complexity index is 858. The van der Waals surface area contributed by atoms with Crippen molar-refractivity contribution in [2.75, 3.05) is 24.3 Å². The average molecular weight is 593 g/mol. The Morgan fingerprint density at radius 3 is 1.97 bits per heavy atom. The molecule has 0 fully saturated rings. The summed E-state index contributed by atoms with van der Waals surface area (Å²) in [5.74, 6) is -3.57. The number of guanidine groups is 1. The fraction of sp³-hybridized carbons (Fsp3) is 0.739. The maximum atomic E-state index is 13.1. The number of nitrogens with zero attached hydrogens (tertiary/aromatic N) is 1. The van der Waals surface area contributed by atoms with Crippen molar-refractivity contribution in [3.05, 3.63) is 0 Å². The number of hydrogen-bond donors (Lipinski definition) is 9. The van der Waals surface area contributed by atoms with Gasteiger partial charge in [0.1, 0.15) is 24.2 Å². The van der Waals surface area contributed by atoms with E-state index >= 15 is 0 Å². The van der Waals surface area contributed by atoms with Crippen LogP contribution in [0.15, 0.2) is 4.99 Å². The lowest BCUT2D eigenvalue weighted by Crippen LogP contribution is -2.58. The van der Waals surface area contributed by atoms with E-state index < -0.39 is 59.8 Å². The van der Waals surface area contributed by atoms with Crippen LogP contribution in [0.4, 0.5) is 0 Å². The second-order valence-corrected chi connectivity index (χ2v) is 10.4. The molecule has 6 unspecified atom stereocenters. The van der Waals surface area contributed by atoms with Crippen molar-refractivity contribution in [1.29, 1.82) is 0 Å². The van der Waals surface area contributed by atoms with Gasteiger partial charge in [0.2, 0.25) is 23.6 Å². The molecular weight excluding hydrogens is 548 g/mol. The lowest BCUT2D eigenvalue weighted by Gasteiger charge is -2.25. The maximum absolute atomic E-state index is 13.1. The van der Waals surface area contributed by atoms with Gasteiger partial charge in [-0.05, 0) is 44.1 Å². The minimum Gasteiger partial charge on any atom is -0.480 e. The third kappa shape index (κ3) is 14.3. The molecular formula is C23H44N8O6S2. The SMILES string of the molecule is CCC(C)C(N)C(=O)NC(CCCN=C(N)N)C(=O)NC(CS)C(=O)NC(C)C(=O)NC(CCSC)C(=O)O. The Labute approximate surface area is 239 Å². The van der Waals surface area contributed by atoms with Gasteiger partial charge < -0.3 is 43.6 Å². The molecule has 0 heterocycles. The van der Waals surface area contributed by atoms with Gasteiger partial charge in [0, 0.05) is 12.3 Å². The molecule has 0 saturated carbocycles. The summed E-state index contributed by atoms with van der Waals surface area (Å²) in [6, 6.07) is -5.21. The van der Waals surface area contributed by atoms with Crippen molar-refractivity contribution in [2.45, 2.75) is 76.7 Å². The first kappa shape index (κ1) is 36.3. The number of nitrogens with two attached hydrogens (primary N) is 3. The summed E-state index contributed by atoms with van der Waals surface area (Å²) in [6.45, 7) is 5.32. The van der Waals surface area contributed by atoms with Gasteiger partial charge in [-0.3, -0.25) is 24.2 Å². The zero-order valence-corrected chi connectivity index (χ0v) is 24.6. The Morgan fingerprint density at radius 2 is 1.46 bits per heavy atom. The number of carboxylic acids is 1. The zero-order chi connectivity index (χ0) is 30.1. The zero-order valence-electron chi connectivity index (χ0n) is 22.9. The maximum Gasteiger partial charge on any atom is 0.326 e. The number of carboxylic acid groups (broad SMARTS) is 1. The van der Waals surface area contributed by atoms with Crippen molar-refractivity contribution in [2.24, 2.45) is 28.1 Å². The van der Waals surface area contributed by atoms with Crippen LogP contribution in [0.3, 0.4) is 0 Å². The molecule has 0 spiro atoms. The Kier molecular flexibility index (Phi) is 18.0. The molecule has 4 amide bonds. The molecule has 0 rings (SSSR count). The van der Waals surface area contributed by atoms with Crippen LogP contribution in [-0.2, 0) is 24.0 Å². The Balaban J connectivity index is 5.36. The van der Waals surface area contributed by atoms with Crippen molar-refractivity contribution >= 4 is 59.9 Å². The van der Waals surface area contributed by atoms with Crippen molar-refractivity contribution < 1.29 is 29.1 Å². The summed E-state index contributed by atoms with van der Waals surface area (Å²) in [7, 11) is 0. The van der Waals surface area contributed by atoms with E-state index in [0.29, 0.717) is 18.6 Å². The summed E-state index contributed by atoms with van der Waals surface area (Å²) in [6.07, 6.45) is 3.21. The van der Waals surface area contributed by atoms with E-state index in [9.17, 15) is 29.1 Å². The number of carbonyl (C=O) groups excluding carboxylic acids is 4. The van der Waals surface area contributed by atoms with E-state index in [0.717, 1.165) is 0 Å². The van der Waals surface area contributed by atoms with Gasteiger partial charge in [-0.1, -0.05) is 20.3 Å². The lowest BCUT2D eigenvalue weighted by atomic mass is 9.98. The Morgan fingerprint density at radius 1 is 0.897 bits per heavy atom. The molecule has 224 valence electrons. The smallest absolute Gasteiger partial charge is 0.326 e. The van der Waals surface area contributed by atoms with Gasteiger partial charge in [-0.15, -0.1) is 0 Å². The van der Waals surface area contributed by atoms with Crippen LogP contribution in [0.2, 0.25) is 0 Å². The number of rotatable bonds is 19. The van der Waals surface area contributed by atoms with E-state index in [1.54, 1.807) is 0 Å². The first-order chi connectivity index (χ1) is 18.3. The molecule has 0 saturated heterocycles. The third-order valence-electron chi connectivity index (χ3n) is 5.93. The second-order valence-electron chi connectivity index (χ2n) is 9.08. The molecule has 0 aromatic heterocycles. The van der Waals surface area contributed by atoms with Gasteiger partial charge >= 0.3 is 5.97 Å². The monoisotopic (exact) mass is 592 g/mol. The largest absolute Gasteiger partial charge is 0.480 e.